The first-order valence-corrected chi connectivity index (χ1v) is 10.00. The third-order valence-corrected chi connectivity index (χ3v) is 5.47. The van der Waals surface area contributed by atoms with Crippen LogP contribution in [0.3, 0.4) is 0 Å². The zero-order valence-electron chi connectivity index (χ0n) is 17.6. The van der Waals surface area contributed by atoms with Gasteiger partial charge in [0.25, 0.3) is 11.7 Å². The lowest BCUT2D eigenvalue weighted by molar-refractivity contribution is -0.137. The maximum absolute atomic E-state index is 13.6. The quantitative estimate of drug-likeness (QED) is 0.237. The van der Waals surface area contributed by atoms with Crippen LogP contribution in [0.1, 0.15) is 22.7 Å². The number of aliphatic hydroxyl groups excluding tert-OH is 1. The molecule has 1 aliphatic rings. The second kappa shape index (κ2) is 8.66. The standard InChI is InChI=1S/C25H17F4NO4/c1-34-19-12-4-15(5-13-19)22(31)20-21(14-2-8-17(26)9-3-14)30(24(33)23(20)32)18-10-6-16(7-11-18)25(27,28)29/h2-13,21,31H,1H3. The molecule has 1 N–H and O–H groups in total. The molecule has 0 bridgehead atoms. The number of benzene rings is 3. The van der Waals surface area contributed by atoms with Gasteiger partial charge in [-0.15, -0.1) is 0 Å². The van der Waals surface area contributed by atoms with Gasteiger partial charge in [0.15, 0.2) is 0 Å². The van der Waals surface area contributed by atoms with Crippen LogP contribution < -0.4 is 9.64 Å². The van der Waals surface area contributed by atoms with E-state index in [1.165, 1.54) is 31.4 Å². The van der Waals surface area contributed by atoms with Crippen LogP contribution in [0.2, 0.25) is 0 Å². The van der Waals surface area contributed by atoms with Gasteiger partial charge >= 0.3 is 6.18 Å². The molecule has 34 heavy (non-hydrogen) atoms. The Kier molecular flexibility index (Phi) is 5.87. The van der Waals surface area contributed by atoms with Crippen molar-refractivity contribution in [3.8, 4) is 5.75 Å². The smallest absolute Gasteiger partial charge is 0.416 e. The SMILES string of the molecule is COc1ccc(C(O)=C2C(=O)C(=O)N(c3ccc(C(F)(F)F)cc3)C2c2ccc(F)cc2)cc1. The Balaban J connectivity index is 1.88. The lowest BCUT2D eigenvalue weighted by Crippen LogP contribution is -2.29. The first kappa shape index (κ1) is 23.0. The van der Waals surface area contributed by atoms with Crippen LogP contribution in [0, 0.1) is 5.82 Å². The first-order chi connectivity index (χ1) is 16.1. The number of ether oxygens (including phenoxy) is 1. The largest absolute Gasteiger partial charge is 0.507 e. The van der Waals surface area contributed by atoms with Crippen molar-refractivity contribution in [1.29, 1.82) is 0 Å². The average Bonchev–Trinajstić information content (AvgIpc) is 3.09. The summed E-state index contributed by atoms with van der Waals surface area (Å²) < 4.78 is 57.7. The van der Waals surface area contributed by atoms with Crippen molar-refractivity contribution in [2.24, 2.45) is 0 Å². The van der Waals surface area contributed by atoms with E-state index in [0.717, 1.165) is 41.3 Å². The second-order valence-electron chi connectivity index (χ2n) is 7.49. The van der Waals surface area contributed by atoms with Crippen molar-refractivity contribution in [2.45, 2.75) is 12.2 Å². The molecule has 1 aliphatic heterocycles. The third-order valence-electron chi connectivity index (χ3n) is 5.47. The van der Waals surface area contributed by atoms with E-state index in [4.69, 9.17) is 4.74 Å². The van der Waals surface area contributed by atoms with Gasteiger partial charge in [-0.1, -0.05) is 12.1 Å². The monoisotopic (exact) mass is 471 g/mol. The maximum atomic E-state index is 13.6. The highest BCUT2D eigenvalue weighted by Crippen LogP contribution is 2.43. The van der Waals surface area contributed by atoms with Crippen molar-refractivity contribution in [1.82, 2.24) is 0 Å². The van der Waals surface area contributed by atoms with Gasteiger partial charge in [0.2, 0.25) is 0 Å². The van der Waals surface area contributed by atoms with Crippen molar-refractivity contribution >= 4 is 23.1 Å². The number of halogens is 4. The second-order valence-corrected chi connectivity index (χ2v) is 7.49. The van der Waals surface area contributed by atoms with E-state index < -0.39 is 41.0 Å². The van der Waals surface area contributed by atoms with Crippen molar-refractivity contribution < 1.29 is 37.0 Å². The number of nitrogens with zero attached hydrogens (tertiary/aromatic N) is 1. The molecule has 0 saturated carbocycles. The van der Waals surface area contributed by atoms with E-state index in [1.54, 1.807) is 12.1 Å². The van der Waals surface area contributed by atoms with Crippen LogP contribution in [-0.4, -0.2) is 23.9 Å². The molecule has 1 saturated heterocycles. The van der Waals surface area contributed by atoms with E-state index in [1.807, 2.05) is 0 Å². The molecular weight excluding hydrogens is 454 g/mol. The lowest BCUT2D eigenvalue weighted by atomic mass is 9.95. The predicted molar refractivity (Wildman–Crippen MR) is 116 cm³/mol. The maximum Gasteiger partial charge on any atom is 0.416 e. The number of carbonyl (C=O) groups is 2. The molecule has 1 unspecified atom stereocenters. The Bertz CT molecular complexity index is 1260. The highest BCUT2D eigenvalue weighted by atomic mass is 19.4. The van der Waals surface area contributed by atoms with Gasteiger partial charge in [0.05, 0.1) is 24.3 Å². The molecule has 1 heterocycles. The number of aliphatic hydroxyl groups is 1. The summed E-state index contributed by atoms with van der Waals surface area (Å²) in [6.07, 6.45) is -4.59. The summed E-state index contributed by atoms with van der Waals surface area (Å²) in [5, 5.41) is 11.0. The Morgan fingerprint density at radius 1 is 0.912 bits per heavy atom. The molecule has 4 rings (SSSR count). The van der Waals surface area contributed by atoms with E-state index in [-0.39, 0.29) is 22.4 Å². The summed E-state index contributed by atoms with van der Waals surface area (Å²) in [7, 11) is 1.46. The van der Waals surface area contributed by atoms with Gasteiger partial charge in [-0.3, -0.25) is 14.5 Å². The van der Waals surface area contributed by atoms with Gasteiger partial charge < -0.3 is 9.84 Å². The van der Waals surface area contributed by atoms with E-state index in [0.29, 0.717) is 5.75 Å². The van der Waals surface area contributed by atoms with Crippen LogP contribution in [0.25, 0.3) is 5.76 Å². The molecular formula is C25H17F4NO4. The Morgan fingerprint density at radius 2 is 1.50 bits per heavy atom. The summed E-state index contributed by atoms with van der Waals surface area (Å²) in [5.74, 6) is -2.61. The number of carbonyl (C=O) groups excluding carboxylic acids is 2. The molecule has 9 heteroatoms. The highest BCUT2D eigenvalue weighted by molar-refractivity contribution is 6.51. The Morgan fingerprint density at radius 3 is 2.03 bits per heavy atom. The van der Waals surface area contributed by atoms with E-state index in [2.05, 4.69) is 0 Å². The van der Waals surface area contributed by atoms with E-state index >= 15 is 0 Å². The van der Waals surface area contributed by atoms with Gasteiger partial charge in [-0.05, 0) is 66.2 Å². The molecule has 1 amide bonds. The summed E-state index contributed by atoms with van der Waals surface area (Å²) >= 11 is 0. The minimum Gasteiger partial charge on any atom is -0.507 e. The van der Waals surface area contributed by atoms with Crippen LogP contribution in [0.15, 0.2) is 78.4 Å². The molecule has 1 fully saturated rings. The predicted octanol–water partition coefficient (Wildman–Crippen LogP) is 5.48. The first-order valence-electron chi connectivity index (χ1n) is 10.00. The normalized spacial score (nSPS) is 17.8. The molecule has 5 nitrogen and oxygen atoms in total. The number of methoxy groups -OCH3 is 1. The fourth-order valence-electron chi connectivity index (χ4n) is 3.77. The fourth-order valence-corrected chi connectivity index (χ4v) is 3.77. The molecule has 3 aromatic carbocycles. The average molecular weight is 471 g/mol. The van der Waals surface area contributed by atoms with Crippen LogP contribution in [0.4, 0.5) is 23.2 Å². The number of rotatable bonds is 4. The highest BCUT2D eigenvalue weighted by Gasteiger charge is 2.47. The minimum atomic E-state index is -4.59. The lowest BCUT2D eigenvalue weighted by Gasteiger charge is -2.25. The Hall–Kier alpha value is -4.14. The topological polar surface area (TPSA) is 66.8 Å². The number of hydrogen-bond donors (Lipinski definition) is 1. The number of anilines is 1. The zero-order valence-corrected chi connectivity index (χ0v) is 17.6. The third kappa shape index (κ3) is 4.12. The van der Waals surface area contributed by atoms with Crippen LogP contribution in [-0.2, 0) is 15.8 Å². The zero-order chi connectivity index (χ0) is 24.6. The molecule has 0 radical (unpaired) electrons. The number of hydrogen-bond acceptors (Lipinski definition) is 4. The number of amides is 1. The van der Waals surface area contributed by atoms with Crippen LogP contribution in [0.5, 0.6) is 5.75 Å². The van der Waals surface area contributed by atoms with Gasteiger partial charge in [0, 0.05) is 11.3 Å². The molecule has 0 aliphatic carbocycles. The summed E-state index contributed by atoms with van der Waals surface area (Å²) in [6.45, 7) is 0. The van der Waals surface area contributed by atoms with Gasteiger partial charge in [-0.25, -0.2) is 4.39 Å². The van der Waals surface area contributed by atoms with Gasteiger partial charge in [0.1, 0.15) is 17.3 Å². The summed E-state index contributed by atoms with van der Waals surface area (Å²) in [4.78, 5) is 27.0. The molecule has 0 spiro atoms. The number of alkyl halides is 3. The fraction of sp³-hybridized carbons (Fsp3) is 0.120. The summed E-state index contributed by atoms with van der Waals surface area (Å²) in [6, 6.07) is 13.5. The molecule has 3 aromatic rings. The van der Waals surface area contributed by atoms with Crippen molar-refractivity contribution in [3.05, 3.63) is 101 Å². The Labute approximate surface area is 191 Å². The number of Topliss-reactive ketones (excluding diaryl/α,β-unsaturated/α-hetero) is 1. The van der Waals surface area contributed by atoms with Crippen molar-refractivity contribution in [3.63, 3.8) is 0 Å². The molecule has 0 aromatic heterocycles. The summed E-state index contributed by atoms with van der Waals surface area (Å²) in [5.41, 5.74) is -0.682. The number of ketones is 1. The molecule has 1 atom stereocenters. The van der Waals surface area contributed by atoms with E-state index in [9.17, 15) is 32.3 Å². The van der Waals surface area contributed by atoms with Crippen molar-refractivity contribution in [2.75, 3.05) is 12.0 Å². The van der Waals surface area contributed by atoms with Crippen LogP contribution >= 0.6 is 0 Å². The molecule has 174 valence electrons. The van der Waals surface area contributed by atoms with Gasteiger partial charge in [-0.2, -0.15) is 13.2 Å². The minimum absolute atomic E-state index is 0.0122.